The van der Waals surface area contributed by atoms with Gasteiger partial charge in [-0.2, -0.15) is 0 Å². The van der Waals surface area contributed by atoms with Gasteiger partial charge in [0.1, 0.15) is 9.04 Å². The van der Waals surface area contributed by atoms with Crippen LogP contribution < -0.4 is 10.4 Å². The van der Waals surface area contributed by atoms with Crippen LogP contribution in [0.5, 0.6) is 0 Å². The zero-order valence-electron chi connectivity index (χ0n) is 25.2. The summed E-state index contributed by atoms with van der Waals surface area (Å²) in [5, 5.41) is 1.81. The van der Waals surface area contributed by atoms with Crippen molar-refractivity contribution in [3.8, 4) is 0 Å². The summed E-state index contributed by atoms with van der Waals surface area (Å²) in [6, 6.07) is 19.9. The maximum atomic E-state index is 10.2. The minimum absolute atomic E-state index is 0.713. The maximum absolute atomic E-state index is 10.2. The van der Waals surface area contributed by atoms with Crippen LogP contribution in [0.25, 0.3) is 0 Å². The molecule has 2 aromatic carbocycles. The zero-order valence-corrected chi connectivity index (χ0v) is 28.6. The van der Waals surface area contributed by atoms with Crippen molar-refractivity contribution in [3.63, 3.8) is 0 Å². The molecule has 222 valence electrons. The molecule has 0 atom stereocenters. The van der Waals surface area contributed by atoms with Crippen molar-refractivity contribution in [2.45, 2.75) is 103 Å². The van der Waals surface area contributed by atoms with E-state index in [4.69, 9.17) is 13.3 Å². The van der Waals surface area contributed by atoms with Crippen molar-refractivity contribution in [1.29, 1.82) is 0 Å². The van der Waals surface area contributed by atoms with Crippen LogP contribution in [0.4, 0.5) is 0 Å². The van der Waals surface area contributed by atoms with Crippen molar-refractivity contribution in [2.75, 3.05) is 21.3 Å². The highest BCUT2D eigenvalue weighted by Gasteiger charge is 2.36. The van der Waals surface area contributed by atoms with E-state index in [0.717, 1.165) is 17.7 Å². The smallest absolute Gasteiger partial charge is 0.410 e. The van der Waals surface area contributed by atoms with Crippen molar-refractivity contribution in [2.24, 2.45) is 0 Å². The highest BCUT2D eigenvalue weighted by atomic mass is 29.2. The molecule has 5 nitrogen and oxygen atoms in total. The second-order valence-corrected chi connectivity index (χ2v) is 21.0. The molecular formula is C31H56O5Si3. The summed E-state index contributed by atoms with van der Waals surface area (Å²) in [7, 11) is -1.44. The monoisotopic (exact) mass is 592 g/mol. The zero-order chi connectivity index (χ0) is 28.7. The largest absolute Gasteiger partial charge is 0.500 e. The van der Waals surface area contributed by atoms with Crippen molar-refractivity contribution in [1.82, 2.24) is 0 Å². The van der Waals surface area contributed by atoms with E-state index in [2.05, 4.69) is 6.92 Å². The summed E-state index contributed by atoms with van der Waals surface area (Å²) in [6.45, 7) is 2.28. The lowest BCUT2D eigenvalue weighted by Gasteiger charge is -2.24. The second kappa shape index (κ2) is 22.6. The van der Waals surface area contributed by atoms with Gasteiger partial charge >= 0.3 is 16.9 Å². The fraction of sp³-hybridized carbons (Fsp3) is 0.613. The van der Waals surface area contributed by atoms with E-state index in [-0.39, 0.29) is 0 Å². The molecule has 0 fully saturated rings. The molecule has 0 saturated carbocycles. The van der Waals surface area contributed by atoms with Crippen molar-refractivity contribution in [3.05, 3.63) is 60.7 Å². The minimum atomic E-state index is -3.18. The highest BCUT2D eigenvalue weighted by molar-refractivity contribution is 7.27. The average molecular weight is 593 g/mol. The van der Waals surface area contributed by atoms with Gasteiger partial charge in [0, 0.05) is 27.4 Å². The Balaban J connectivity index is 0.000000412. The summed E-state index contributed by atoms with van der Waals surface area (Å²) < 4.78 is 16.3. The van der Waals surface area contributed by atoms with Crippen LogP contribution in [0.1, 0.15) is 96.8 Å². The van der Waals surface area contributed by atoms with Crippen molar-refractivity contribution >= 4 is 36.3 Å². The third kappa shape index (κ3) is 16.7. The molecule has 0 aliphatic rings. The van der Waals surface area contributed by atoms with Crippen LogP contribution in [0, 0.1) is 0 Å². The molecule has 0 radical (unpaired) electrons. The summed E-state index contributed by atoms with van der Waals surface area (Å²) in [5.74, 6) is 0. The molecule has 2 aromatic rings. The number of hydrogen-bond acceptors (Lipinski definition) is 5. The van der Waals surface area contributed by atoms with Gasteiger partial charge in [-0.15, -0.1) is 0 Å². The molecule has 0 aromatic heterocycles. The Labute approximate surface area is 243 Å². The van der Waals surface area contributed by atoms with E-state index < -0.39 is 25.9 Å². The van der Waals surface area contributed by atoms with Crippen LogP contribution in [-0.4, -0.2) is 56.8 Å². The number of benzene rings is 2. The molecule has 0 aliphatic heterocycles. The Morgan fingerprint density at radius 1 is 0.564 bits per heavy atom. The molecule has 0 amide bonds. The summed E-state index contributed by atoms with van der Waals surface area (Å²) >= 11 is 0. The first-order chi connectivity index (χ1) is 18.9. The summed E-state index contributed by atoms with van der Waals surface area (Å²) in [6.07, 6.45) is 19.4. The van der Waals surface area contributed by atoms with Gasteiger partial charge in [-0.1, -0.05) is 156 Å². The topological polar surface area (TPSA) is 68.2 Å². The normalized spacial score (nSPS) is 12.1. The lowest BCUT2D eigenvalue weighted by Crippen LogP contribution is -2.58. The first-order valence-corrected chi connectivity index (χ1v) is 22.0. The lowest BCUT2D eigenvalue weighted by molar-refractivity contribution is 0.122. The van der Waals surface area contributed by atoms with E-state index in [1.165, 1.54) is 83.5 Å². The Kier molecular flexibility index (Phi) is 20.8. The number of rotatable bonds is 21. The van der Waals surface area contributed by atoms with Crippen LogP contribution >= 0.6 is 0 Å². The first kappa shape index (κ1) is 35.9. The minimum Gasteiger partial charge on any atom is -0.410 e. The molecule has 0 bridgehead atoms. The Morgan fingerprint density at radius 3 is 1.36 bits per heavy atom. The standard InChI is InChI=1S/C19H42O3Si.C12H14O2Si2/c1-5-6-7-8-9-10-11-12-13-14-15-16-17-18-19-23(20-2,21-3)22-4;13-16(14,12-9-5-2-6-10-12)15-11-7-3-1-4-8-11/h5-19H2,1-4H3;1-10,13-14H,15H2. The number of unbranched alkanes of at least 4 members (excludes halogenated alkanes) is 13. The molecule has 39 heavy (non-hydrogen) atoms. The van der Waals surface area contributed by atoms with Gasteiger partial charge in [0.25, 0.3) is 0 Å². The Hall–Kier alpha value is -1.11. The fourth-order valence-corrected chi connectivity index (χ4v) is 12.3. The quantitative estimate of drug-likeness (QED) is 0.145. The fourth-order valence-electron chi connectivity index (χ4n) is 4.78. The molecule has 0 spiro atoms. The van der Waals surface area contributed by atoms with Gasteiger partial charge in [0.15, 0.2) is 0 Å². The molecule has 2 N–H and O–H groups in total. The lowest BCUT2D eigenvalue weighted by atomic mass is 10.0. The van der Waals surface area contributed by atoms with E-state index in [1.807, 2.05) is 60.7 Å². The Bertz CT molecular complexity index is 796. The molecule has 0 heterocycles. The van der Waals surface area contributed by atoms with E-state index in [0.29, 0.717) is 5.19 Å². The molecular weight excluding hydrogens is 537 g/mol. The van der Waals surface area contributed by atoms with Gasteiger partial charge in [-0.3, -0.25) is 0 Å². The van der Waals surface area contributed by atoms with E-state index >= 15 is 0 Å². The molecule has 8 heteroatoms. The molecule has 2 rings (SSSR count). The summed E-state index contributed by atoms with van der Waals surface area (Å²) in [4.78, 5) is 20.4. The SMILES string of the molecule is CCCCCCCCCCCCCCCC[Si](OC)(OC)OC.O[Si](O)([SiH2]c1ccccc1)c1ccccc1. The van der Waals surface area contributed by atoms with Gasteiger partial charge in [0.05, 0.1) is 0 Å². The van der Waals surface area contributed by atoms with Gasteiger partial charge < -0.3 is 22.9 Å². The van der Waals surface area contributed by atoms with Crippen LogP contribution in [0.3, 0.4) is 0 Å². The van der Waals surface area contributed by atoms with Crippen molar-refractivity contribution < 1.29 is 22.9 Å². The van der Waals surface area contributed by atoms with E-state index in [1.54, 1.807) is 21.3 Å². The van der Waals surface area contributed by atoms with Gasteiger partial charge in [-0.05, 0) is 11.6 Å². The predicted molar refractivity (Wildman–Crippen MR) is 173 cm³/mol. The van der Waals surface area contributed by atoms with Crippen LogP contribution in [-0.2, 0) is 13.3 Å². The number of hydrogen-bond donors (Lipinski definition) is 2. The van der Waals surface area contributed by atoms with Gasteiger partial charge in [-0.25, -0.2) is 0 Å². The predicted octanol–water partition coefficient (Wildman–Crippen LogP) is 5.66. The van der Waals surface area contributed by atoms with Crippen LogP contribution in [0.15, 0.2) is 60.7 Å². The van der Waals surface area contributed by atoms with Gasteiger partial charge in [0.2, 0.25) is 0 Å². The molecule has 0 unspecified atom stereocenters. The molecule has 0 aliphatic carbocycles. The Morgan fingerprint density at radius 2 is 0.949 bits per heavy atom. The second-order valence-electron chi connectivity index (χ2n) is 10.5. The first-order valence-electron chi connectivity index (χ1n) is 15.1. The van der Waals surface area contributed by atoms with Crippen LogP contribution in [0.2, 0.25) is 6.04 Å². The molecule has 0 saturated heterocycles. The summed E-state index contributed by atoms with van der Waals surface area (Å²) in [5.41, 5.74) is 0. The average Bonchev–Trinajstić information content (AvgIpc) is 2.97. The third-order valence-electron chi connectivity index (χ3n) is 7.30. The third-order valence-corrected chi connectivity index (χ3v) is 16.7. The van der Waals surface area contributed by atoms with E-state index in [9.17, 15) is 9.59 Å². The highest BCUT2D eigenvalue weighted by Crippen LogP contribution is 2.18. The maximum Gasteiger partial charge on any atom is 0.500 e.